The van der Waals surface area contributed by atoms with E-state index in [-0.39, 0.29) is 18.8 Å². The standard InChI is InChI=1S/C13H23N5O3/c1-3-20-8-12-15-11(17-14)4-13(16-12)18-5-9(2)21-10(6-18)7-19/h4,9-10,19H,3,5-8,14H2,1-2H3,(H,15,16,17). The Morgan fingerprint density at radius 1 is 1.52 bits per heavy atom. The van der Waals surface area contributed by atoms with E-state index in [9.17, 15) is 5.11 Å². The predicted octanol–water partition coefficient (Wildman–Crippen LogP) is -0.115. The van der Waals surface area contributed by atoms with Crippen LogP contribution in [0.4, 0.5) is 11.6 Å². The Labute approximate surface area is 124 Å². The van der Waals surface area contributed by atoms with Crippen LogP contribution in [0.3, 0.4) is 0 Å². The number of nitrogen functional groups attached to an aromatic ring is 1. The highest BCUT2D eigenvalue weighted by molar-refractivity contribution is 5.49. The molecule has 8 nitrogen and oxygen atoms in total. The Kier molecular flexibility index (Phi) is 5.68. The molecule has 2 heterocycles. The van der Waals surface area contributed by atoms with E-state index in [0.717, 1.165) is 5.82 Å². The monoisotopic (exact) mass is 297 g/mol. The fraction of sp³-hybridized carbons (Fsp3) is 0.692. The second-order valence-corrected chi connectivity index (χ2v) is 4.97. The highest BCUT2D eigenvalue weighted by atomic mass is 16.5. The zero-order valence-electron chi connectivity index (χ0n) is 12.5. The minimum absolute atomic E-state index is 0.0142. The van der Waals surface area contributed by atoms with Gasteiger partial charge in [0, 0.05) is 25.8 Å². The van der Waals surface area contributed by atoms with Gasteiger partial charge >= 0.3 is 0 Å². The van der Waals surface area contributed by atoms with Crippen molar-refractivity contribution >= 4 is 11.6 Å². The van der Waals surface area contributed by atoms with E-state index in [1.807, 2.05) is 13.8 Å². The minimum atomic E-state index is -0.214. The van der Waals surface area contributed by atoms with Crippen LogP contribution in [0.2, 0.25) is 0 Å². The van der Waals surface area contributed by atoms with Gasteiger partial charge in [-0.2, -0.15) is 0 Å². The molecule has 0 aliphatic carbocycles. The molecule has 0 aromatic carbocycles. The SMILES string of the molecule is CCOCc1nc(NN)cc(N2CC(C)OC(CO)C2)n1. The summed E-state index contributed by atoms with van der Waals surface area (Å²) in [5.74, 6) is 7.32. The highest BCUT2D eigenvalue weighted by Crippen LogP contribution is 2.21. The van der Waals surface area contributed by atoms with Crippen molar-refractivity contribution in [3.8, 4) is 0 Å². The van der Waals surface area contributed by atoms with Crippen molar-refractivity contribution in [3.63, 3.8) is 0 Å². The third kappa shape index (κ3) is 4.24. The Hall–Kier alpha value is -1.48. The topological polar surface area (TPSA) is 106 Å². The maximum Gasteiger partial charge on any atom is 0.158 e. The number of hydrazine groups is 1. The number of anilines is 2. The Morgan fingerprint density at radius 3 is 3.00 bits per heavy atom. The third-order valence-electron chi connectivity index (χ3n) is 3.20. The van der Waals surface area contributed by atoms with Crippen LogP contribution < -0.4 is 16.2 Å². The molecule has 0 spiro atoms. The van der Waals surface area contributed by atoms with E-state index in [4.69, 9.17) is 15.3 Å². The second-order valence-electron chi connectivity index (χ2n) is 4.97. The van der Waals surface area contributed by atoms with Gasteiger partial charge in [0.15, 0.2) is 5.82 Å². The van der Waals surface area contributed by atoms with Crippen LogP contribution in [0, 0.1) is 0 Å². The Bertz CT molecular complexity index is 459. The molecule has 2 rings (SSSR count). The lowest BCUT2D eigenvalue weighted by atomic mass is 10.2. The van der Waals surface area contributed by atoms with Gasteiger partial charge in [0.25, 0.3) is 0 Å². The van der Waals surface area contributed by atoms with E-state index in [0.29, 0.717) is 37.9 Å². The van der Waals surface area contributed by atoms with Gasteiger partial charge in [0.05, 0.1) is 18.8 Å². The first-order valence-corrected chi connectivity index (χ1v) is 7.09. The highest BCUT2D eigenvalue weighted by Gasteiger charge is 2.26. The fourth-order valence-corrected chi connectivity index (χ4v) is 2.31. The van der Waals surface area contributed by atoms with E-state index in [1.165, 1.54) is 0 Å². The molecule has 0 amide bonds. The number of aromatic nitrogens is 2. The summed E-state index contributed by atoms with van der Waals surface area (Å²) in [5.41, 5.74) is 2.55. The van der Waals surface area contributed by atoms with Crippen molar-refractivity contribution in [2.45, 2.75) is 32.7 Å². The maximum absolute atomic E-state index is 9.31. The van der Waals surface area contributed by atoms with Crippen LogP contribution in [-0.4, -0.2) is 53.6 Å². The summed E-state index contributed by atoms with van der Waals surface area (Å²) in [6.45, 7) is 6.09. The van der Waals surface area contributed by atoms with Gasteiger partial charge in [-0.1, -0.05) is 0 Å². The number of ether oxygens (including phenoxy) is 2. The van der Waals surface area contributed by atoms with Gasteiger partial charge < -0.3 is 24.9 Å². The van der Waals surface area contributed by atoms with Crippen LogP contribution in [0.5, 0.6) is 0 Å². The van der Waals surface area contributed by atoms with Crippen LogP contribution >= 0.6 is 0 Å². The largest absolute Gasteiger partial charge is 0.394 e. The van der Waals surface area contributed by atoms with Crippen molar-refractivity contribution in [3.05, 3.63) is 11.9 Å². The number of nitrogens with one attached hydrogen (secondary N) is 1. The average molecular weight is 297 g/mol. The Balaban J connectivity index is 2.20. The number of hydrogen-bond acceptors (Lipinski definition) is 8. The Morgan fingerprint density at radius 2 is 2.33 bits per heavy atom. The van der Waals surface area contributed by atoms with Crippen LogP contribution in [0.25, 0.3) is 0 Å². The van der Waals surface area contributed by atoms with Gasteiger partial charge in [0.1, 0.15) is 18.2 Å². The predicted molar refractivity (Wildman–Crippen MR) is 78.8 cm³/mol. The molecule has 2 unspecified atom stereocenters. The van der Waals surface area contributed by atoms with Gasteiger partial charge in [-0.25, -0.2) is 15.8 Å². The number of nitrogens with two attached hydrogens (primary N) is 1. The number of rotatable bonds is 6. The third-order valence-corrected chi connectivity index (χ3v) is 3.20. The van der Waals surface area contributed by atoms with E-state index in [1.54, 1.807) is 6.07 Å². The second kappa shape index (κ2) is 7.51. The summed E-state index contributed by atoms with van der Waals surface area (Å²) < 4.78 is 11.0. The molecule has 1 saturated heterocycles. The van der Waals surface area contributed by atoms with Crippen LogP contribution in [-0.2, 0) is 16.1 Å². The van der Waals surface area contributed by atoms with Gasteiger partial charge in [0.2, 0.25) is 0 Å². The molecule has 0 bridgehead atoms. The molecular weight excluding hydrogens is 274 g/mol. The van der Waals surface area contributed by atoms with E-state index in [2.05, 4.69) is 20.3 Å². The van der Waals surface area contributed by atoms with Crippen molar-refractivity contribution < 1.29 is 14.6 Å². The first kappa shape index (κ1) is 15.9. The fourth-order valence-electron chi connectivity index (χ4n) is 2.31. The van der Waals surface area contributed by atoms with Crippen molar-refractivity contribution in [1.82, 2.24) is 9.97 Å². The van der Waals surface area contributed by atoms with Crippen molar-refractivity contribution in [2.75, 3.05) is 36.6 Å². The van der Waals surface area contributed by atoms with Crippen LogP contribution in [0.1, 0.15) is 19.7 Å². The summed E-state index contributed by atoms with van der Waals surface area (Å²) in [4.78, 5) is 10.8. The zero-order chi connectivity index (χ0) is 15.2. The molecule has 1 aliphatic rings. The van der Waals surface area contributed by atoms with E-state index < -0.39 is 0 Å². The normalized spacial score (nSPS) is 22.4. The van der Waals surface area contributed by atoms with Gasteiger partial charge in [-0.15, -0.1) is 0 Å². The first-order chi connectivity index (χ1) is 10.2. The summed E-state index contributed by atoms with van der Waals surface area (Å²) in [7, 11) is 0. The quantitative estimate of drug-likeness (QED) is 0.493. The molecule has 1 fully saturated rings. The molecule has 21 heavy (non-hydrogen) atoms. The van der Waals surface area contributed by atoms with Crippen molar-refractivity contribution in [1.29, 1.82) is 0 Å². The molecule has 2 atom stereocenters. The average Bonchev–Trinajstić information content (AvgIpc) is 2.51. The summed E-state index contributed by atoms with van der Waals surface area (Å²) in [6, 6.07) is 1.78. The lowest BCUT2D eigenvalue weighted by Gasteiger charge is -2.36. The number of nitrogens with zero attached hydrogens (tertiary/aromatic N) is 3. The lowest BCUT2D eigenvalue weighted by Crippen LogP contribution is -2.48. The molecule has 118 valence electrons. The molecule has 1 aromatic heterocycles. The number of morpholine rings is 1. The van der Waals surface area contributed by atoms with Gasteiger partial charge in [-0.3, -0.25) is 0 Å². The summed E-state index contributed by atoms with van der Waals surface area (Å²) in [6.07, 6.45) is -0.191. The molecule has 4 N–H and O–H groups in total. The van der Waals surface area contributed by atoms with Crippen LogP contribution in [0.15, 0.2) is 6.07 Å². The van der Waals surface area contributed by atoms with Crippen molar-refractivity contribution in [2.24, 2.45) is 5.84 Å². The minimum Gasteiger partial charge on any atom is -0.394 e. The molecule has 1 aromatic rings. The summed E-state index contributed by atoms with van der Waals surface area (Å²) in [5, 5.41) is 9.31. The van der Waals surface area contributed by atoms with Gasteiger partial charge in [-0.05, 0) is 13.8 Å². The molecule has 8 heteroatoms. The number of hydrogen-bond donors (Lipinski definition) is 3. The maximum atomic E-state index is 9.31. The molecule has 0 saturated carbocycles. The van der Waals surface area contributed by atoms with E-state index >= 15 is 0 Å². The number of aliphatic hydroxyl groups is 1. The number of aliphatic hydroxyl groups excluding tert-OH is 1. The molecule has 0 radical (unpaired) electrons. The zero-order valence-corrected chi connectivity index (χ0v) is 12.5. The molecule has 1 aliphatic heterocycles. The first-order valence-electron chi connectivity index (χ1n) is 7.09. The summed E-state index contributed by atoms with van der Waals surface area (Å²) >= 11 is 0. The lowest BCUT2D eigenvalue weighted by molar-refractivity contribution is -0.0423. The smallest absolute Gasteiger partial charge is 0.158 e. The molecular formula is C13H23N5O3.